The van der Waals surface area contributed by atoms with Gasteiger partial charge in [-0.1, -0.05) is 0 Å². The first-order chi connectivity index (χ1) is 8.97. The van der Waals surface area contributed by atoms with E-state index in [-0.39, 0.29) is 11.8 Å². The Kier molecular flexibility index (Phi) is 4.02. The molecule has 19 heavy (non-hydrogen) atoms. The summed E-state index contributed by atoms with van der Waals surface area (Å²) in [5, 5.41) is 0. The molecule has 0 bridgehead atoms. The molecule has 1 atom stereocenters. The summed E-state index contributed by atoms with van der Waals surface area (Å²) < 4.78 is 0. The van der Waals surface area contributed by atoms with E-state index >= 15 is 0 Å². The lowest BCUT2D eigenvalue weighted by Gasteiger charge is -2.34. The second-order valence-electron chi connectivity index (χ2n) is 5.43. The maximum absolute atomic E-state index is 12.1. The summed E-state index contributed by atoms with van der Waals surface area (Å²) in [6.07, 6.45) is 2.00. The number of aromatic nitrogens is 2. The molecule has 0 aliphatic carbocycles. The molecule has 1 saturated heterocycles. The Morgan fingerprint density at radius 3 is 2.74 bits per heavy atom. The van der Waals surface area contributed by atoms with E-state index in [4.69, 9.17) is 0 Å². The van der Waals surface area contributed by atoms with Crippen LogP contribution in [0.3, 0.4) is 0 Å². The molecule has 0 radical (unpaired) electrons. The SMILES string of the molecule is Cc1cc(N2CCCC(C(=O)N(C)C)C2)nc(C)n1. The second kappa shape index (κ2) is 5.55. The normalized spacial score (nSPS) is 19.4. The van der Waals surface area contributed by atoms with Gasteiger partial charge in [0.05, 0.1) is 5.92 Å². The molecule has 0 aromatic carbocycles. The third-order valence-corrected chi connectivity index (χ3v) is 3.49. The maximum atomic E-state index is 12.1. The van der Waals surface area contributed by atoms with Crippen LogP contribution < -0.4 is 4.90 Å². The zero-order valence-electron chi connectivity index (χ0n) is 12.2. The van der Waals surface area contributed by atoms with Gasteiger partial charge in [-0.2, -0.15) is 0 Å². The van der Waals surface area contributed by atoms with Crippen LogP contribution in [0.2, 0.25) is 0 Å². The smallest absolute Gasteiger partial charge is 0.226 e. The molecule has 0 saturated carbocycles. The van der Waals surface area contributed by atoms with Crippen LogP contribution in [0.15, 0.2) is 6.07 Å². The molecule has 2 rings (SSSR count). The highest BCUT2D eigenvalue weighted by atomic mass is 16.2. The summed E-state index contributed by atoms with van der Waals surface area (Å²) in [4.78, 5) is 24.8. The Labute approximate surface area is 114 Å². The number of amides is 1. The largest absolute Gasteiger partial charge is 0.356 e. The van der Waals surface area contributed by atoms with Crippen LogP contribution in [0, 0.1) is 19.8 Å². The van der Waals surface area contributed by atoms with Crippen LogP contribution in [0.25, 0.3) is 0 Å². The van der Waals surface area contributed by atoms with Crippen LogP contribution in [-0.4, -0.2) is 48.0 Å². The first-order valence-electron chi connectivity index (χ1n) is 6.76. The number of piperidine rings is 1. The van der Waals surface area contributed by atoms with Crippen molar-refractivity contribution in [3.63, 3.8) is 0 Å². The summed E-state index contributed by atoms with van der Waals surface area (Å²) in [7, 11) is 3.64. The van der Waals surface area contributed by atoms with Gasteiger partial charge >= 0.3 is 0 Å². The zero-order chi connectivity index (χ0) is 14.0. The highest BCUT2D eigenvalue weighted by Crippen LogP contribution is 2.23. The molecule has 1 fully saturated rings. The topological polar surface area (TPSA) is 49.3 Å². The number of carbonyl (C=O) groups is 1. The lowest BCUT2D eigenvalue weighted by atomic mass is 9.97. The van der Waals surface area contributed by atoms with Crippen molar-refractivity contribution in [2.45, 2.75) is 26.7 Å². The summed E-state index contributed by atoms with van der Waals surface area (Å²) in [5.74, 6) is 2.03. The minimum Gasteiger partial charge on any atom is -0.356 e. The van der Waals surface area contributed by atoms with Gasteiger partial charge in [-0.05, 0) is 26.7 Å². The van der Waals surface area contributed by atoms with E-state index < -0.39 is 0 Å². The van der Waals surface area contributed by atoms with Crippen LogP contribution in [0.5, 0.6) is 0 Å². The van der Waals surface area contributed by atoms with Gasteiger partial charge in [0.15, 0.2) is 0 Å². The van der Waals surface area contributed by atoms with Crippen LogP contribution in [0.1, 0.15) is 24.4 Å². The fourth-order valence-corrected chi connectivity index (χ4v) is 2.61. The van der Waals surface area contributed by atoms with Crippen molar-refractivity contribution in [3.8, 4) is 0 Å². The molecule has 1 aromatic rings. The predicted octanol–water partition coefficient (Wildman–Crippen LogP) is 1.40. The molecule has 1 amide bonds. The minimum absolute atomic E-state index is 0.0827. The maximum Gasteiger partial charge on any atom is 0.226 e. The second-order valence-corrected chi connectivity index (χ2v) is 5.43. The monoisotopic (exact) mass is 262 g/mol. The molecule has 0 spiro atoms. The molecule has 1 aliphatic rings. The third-order valence-electron chi connectivity index (χ3n) is 3.49. The number of carbonyl (C=O) groups excluding carboxylic acids is 1. The Morgan fingerprint density at radius 2 is 2.11 bits per heavy atom. The average molecular weight is 262 g/mol. The number of aryl methyl sites for hydroxylation is 2. The van der Waals surface area contributed by atoms with Crippen molar-refractivity contribution in [1.82, 2.24) is 14.9 Å². The lowest BCUT2D eigenvalue weighted by Crippen LogP contribution is -2.43. The van der Waals surface area contributed by atoms with E-state index in [9.17, 15) is 4.79 Å². The summed E-state index contributed by atoms with van der Waals surface area (Å²) >= 11 is 0. The van der Waals surface area contributed by atoms with E-state index in [0.29, 0.717) is 0 Å². The van der Waals surface area contributed by atoms with Crippen molar-refractivity contribution < 1.29 is 4.79 Å². The van der Waals surface area contributed by atoms with Gasteiger partial charge in [-0.3, -0.25) is 4.79 Å². The fourth-order valence-electron chi connectivity index (χ4n) is 2.61. The molecular weight excluding hydrogens is 240 g/mol. The summed E-state index contributed by atoms with van der Waals surface area (Å²) in [6.45, 7) is 5.60. The Morgan fingerprint density at radius 1 is 1.37 bits per heavy atom. The number of anilines is 1. The lowest BCUT2D eigenvalue weighted by molar-refractivity contribution is -0.133. The molecule has 0 N–H and O–H groups in total. The highest BCUT2D eigenvalue weighted by molar-refractivity contribution is 5.79. The molecule has 5 nitrogen and oxygen atoms in total. The van der Waals surface area contributed by atoms with Crippen LogP contribution in [-0.2, 0) is 4.79 Å². The number of rotatable bonds is 2. The number of hydrogen-bond acceptors (Lipinski definition) is 4. The Bertz CT molecular complexity index is 452. The third kappa shape index (κ3) is 3.22. The first kappa shape index (κ1) is 13.8. The van der Waals surface area contributed by atoms with Crippen molar-refractivity contribution in [2.24, 2.45) is 5.92 Å². The van der Waals surface area contributed by atoms with Gasteiger partial charge in [0.2, 0.25) is 5.91 Å². The van der Waals surface area contributed by atoms with Gasteiger partial charge in [0.25, 0.3) is 0 Å². The molecule has 2 heterocycles. The first-order valence-corrected chi connectivity index (χ1v) is 6.76. The van der Waals surface area contributed by atoms with Crippen molar-refractivity contribution in [2.75, 3.05) is 32.1 Å². The van der Waals surface area contributed by atoms with E-state index in [1.807, 2.05) is 34.0 Å². The van der Waals surface area contributed by atoms with Gasteiger partial charge in [-0.15, -0.1) is 0 Å². The fraction of sp³-hybridized carbons (Fsp3) is 0.643. The molecule has 1 aromatic heterocycles. The minimum atomic E-state index is 0.0827. The number of nitrogens with zero attached hydrogens (tertiary/aromatic N) is 4. The Balaban J connectivity index is 2.14. The van der Waals surface area contributed by atoms with E-state index in [1.165, 1.54) is 0 Å². The van der Waals surface area contributed by atoms with Crippen LogP contribution >= 0.6 is 0 Å². The van der Waals surface area contributed by atoms with Crippen molar-refractivity contribution in [1.29, 1.82) is 0 Å². The number of hydrogen-bond donors (Lipinski definition) is 0. The standard InChI is InChI=1S/C14H22N4O/c1-10-8-13(16-11(2)15-10)18-7-5-6-12(9-18)14(19)17(3)4/h8,12H,5-7,9H2,1-4H3. The summed E-state index contributed by atoms with van der Waals surface area (Å²) in [6, 6.07) is 2.00. The predicted molar refractivity (Wildman–Crippen MR) is 75.1 cm³/mol. The van der Waals surface area contributed by atoms with E-state index in [0.717, 1.165) is 43.3 Å². The molecular formula is C14H22N4O. The van der Waals surface area contributed by atoms with Crippen molar-refractivity contribution in [3.05, 3.63) is 17.6 Å². The van der Waals surface area contributed by atoms with Gasteiger partial charge in [0.1, 0.15) is 11.6 Å². The average Bonchev–Trinajstić information content (AvgIpc) is 2.36. The molecule has 1 unspecified atom stereocenters. The molecule has 104 valence electrons. The summed E-state index contributed by atoms with van der Waals surface area (Å²) in [5.41, 5.74) is 0.976. The molecule has 5 heteroatoms. The highest BCUT2D eigenvalue weighted by Gasteiger charge is 2.27. The zero-order valence-corrected chi connectivity index (χ0v) is 12.2. The van der Waals surface area contributed by atoms with Gasteiger partial charge in [-0.25, -0.2) is 9.97 Å². The van der Waals surface area contributed by atoms with E-state index in [1.54, 1.807) is 4.90 Å². The Hall–Kier alpha value is -1.65. The quantitative estimate of drug-likeness (QED) is 0.808. The van der Waals surface area contributed by atoms with Gasteiger partial charge < -0.3 is 9.80 Å². The van der Waals surface area contributed by atoms with Crippen molar-refractivity contribution >= 4 is 11.7 Å². The molecule has 1 aliphatic heterocycles. The van der Waals surface area contributed by atoms with E-state index in [2.05, 4.69) is 14.9 Å². The van der Waals surface area contributed by atoms with Crippen LogP contribution in [0.4, 0.5) is 5.82 Å². The van der Waals surface area contributed by atoms with Gasteiger partial charge in [0, 0.05) is 38.9 Å².